The average Bonchev–Trinajstić information content (AvgIpc) is 3.53. The minimum Gasteiger partial charge on any atom is -0.366 e. The van der Waals surface area contributed by atoms with Gasteiger partial charge in [-0.2, -0.15) is 13.2 Å². The first-order valence-corrected chi connectivity index (χ1v) is 12.6. The van der Waals surface area contributed by atoms with Gasteiger partial charge in [0.1, 0.15) is 5.82 Å². The number of nitrogens with two attached hydrogens (primary N) is 1. The van der Waals surface area contributed by atoms with Crippen LogP contribution in [0.25, 0.3) is 11.3 Å². The number of anilines is 1. The van der Waals surface area contributed by atoms with Gasteiger partial charge < -0.3 is 5.73 Å². The molecule has 0 aliphatic heterocycles. The number of carbonyl (C=O) groups excluding carboxylic acids is 1. The molecule has 0 spiro atoms. The van der Waals surface area contributed by atoms with E-state index < -0.39 is 49.8 Å². The van der Waals surface area contributed by atoms with Gasteiger partial charge in [0.25, 0.3) is 5.91 Å². The molecule has 8 nitrogen and oxygen atoms in total. The third kappa shape index (κ3) is 4.85. The van der Waals surface area contributed by atoms with E-state index in [9.17, 15) is 26.4 Å². The third-order valence-electron chi connectivity index (χ3n) is 5.57. The van der Waals surface area contributed by atoms with Crippen molar-refractivity contribution in [1.29, 1.82) is 0 Å². The summed E-state index contributed by atoms with van der Waals surface area (Å²) in [5.74, 6) is -2.12. The molecule has 1 amide bonds. The standard InChI is InChI=1S/C21H19F4N5O3S2/c1-20(2,15-9-34-19(29-15)30-35(32,33)10-3-4-10)16-11(5-6-12(17(16)22)18(26)31)13-7-27-8-14(28-13)21(23,24)25/h5-10H,3-4H2,1-2H3,(H2,26,31)(H,29,30). The Hall–Kier alpha value is -3.13. The van der Waals surface area contributed by atoms with Crippen molar-refractivity contribution >= 4 is 32.4 Å². The second-order valence-electron chi connectivity index (χ2n) is 8.51. The second kappa shape index (κ2) is 8.52. The molecule has 0 saturated heterocycles. The summed E-state index contributed by atoms with van der Waals surface area (Å²) >= 11 is 0.975. The second-order valence-corrected chi connectivity index (χ2v) is 11.3. The summed E-state index contributed by atoms with van der Waals surface area (Å²) in [4.78, 5) is 23.3. The zero-order valence-corrected chi connectivity index (χ0v) is 20.0. The van der Waals surface area contributed by atoms with Gasteiger partial charge in [-0.05, 0) is 32.8 Å². The molecule has 1 fully saturated rings. The molecule has 1 saturated carbocycles. The van der Waals surface area contributed by atoms with Crippen molar-refractivity contribution < 1.29 is 30.8 Å². The topological polar surface area (TPSA) is 128 Å². The molecule has 4 rings (SSSR count). The Balaban J connectivity index is 1.85. The van der Waals surface area contributed by atoms with Gasteiger partial charge in [-0.15, -0.1) is 11.3 Å². The van der Waals surface area contributed by atoms with Crippen molar-refractivity contribution in [1.82, 2.24) is 15.0 Å². The van der Waals surface area contributed by atoms with E-state index in [-0.39, 0.29) is 27.6 Å². The zero-order chi connectivity index (χ0) is 25.8. The molecule has 2 aromatic heterocycles. The molecule has 1 aliphatic rings. The molecule has 0 unspecified atom stereocenters. The van der Waals surface area contributed by atoms with Gasteiger partial charge in [-0.25, -0.2) is 22.8 Å². The number of nitrogens with zero attached hydrogens (tertiary/aromatic N) is 3. The number of nitrogens with one attached hydrogen (secondary N) is 1. The highest BCUT2D eigenvalue weighted by Gasteiger charge is 2.38. The highest BCUT2D eigenvalue weighted by Crippen LogP contribution is 2.42. The number of carbonyl (C=O) groups is 1. The highest BCUT2D eigenvalue weighted by molar-refractivity contribution is 7.93. The molecular weight excluding hydrogens is 510 g/mol. The van der Waals surface area contributed by atoms with Gasteiger partial charge in [0.05, 0.1) is 34.6 Å². The summed E-state index contributed by atoms with van der Waals surface area (Å²) in [5.41, 5.74) is 1.91. The van der Waals surface area contributed by atoms with Crippen LogP contribution in [0, 0.1) is 5.82 Å². The van der Waals surface area contributed by atoms with Crippen LogP contribution in [0.15, 0.2) is 29.9 Å². The predicted octanol–water partition coefficient (Wildman–Crippen LogP) is 4.09. The first-order valence-electron chi connectivity index (χ1n) is 10.2. The lowest BCUT2D eigenvalue weighted by Crippen LogP contribution is -2.26. The van der Waals surface area contributed by atoms with E-state index in [1.54, 1.807) is 0 Å². The SMILES string of the molecule is CC(C)(c1csc(NS(=O)(=O)C2CC2)n1)c1c(-c2cncc(C(F)(F)F)n2)ccc(C(N)=O)c1F. The fourth-order valence-electron chi connectivity index (χ4n) is 3.54. The van der Waals surface area contributed by atoms with E-state index in [0.29, 0.717) is 19.0 Å². The number of aromatic nitrogens is 3. The Bertz CT molecular complexity index is 1420. The van der Waals surface area contributed by atoms with Crippen molar-refractivity contribution in [2.45, 2.75) is 43.5 Å². The molecule has 35 heavy (non-hydrogen) atoms. The number of thiazole rings is 1. The van der Waals surface area contributed by atoms with Crippen LogP contribution in [0.1, 0.15) is 54.0 Å². The number of amides is 1. The molecule has 3 aromatic rings. The third-order valence-corrected chi connectivity index (χ3v) is 8.28. The number of rotatable bonds is 7. The van der Waals surface area contributed by atoms with Gasteiger partial charge in [-0.1, -0.05) is 6.07 Å². The summed E-state index contributed by atoms with van der Waals surface area (Å²) < 4.78 is 82.3. The minimum atomic E-state index is -4.78. The van der Waals surface area contributed by atoms with Crippen LogP contribution in [0.4, 0.5) is 22.7 Å². The molecule has 2 heterocycles. The fourth-order valence-corrected chi connectivity index (χ4v) is 6.02. The van der Waals surface area contributed by atoms with Crippen molar-refractivity contribution in [3.63, 3.8) is 0 Å². The predicted molar refractivity (Wildman–Crippen MR) is 121 cm³/mol. The van der Waals surface area contributed by atoms with E-state index in [1.807, 2.05) is 0 Å². The van der Waals surface area contributed by atoms with E-state index in [1.165, 1.54) is 25.3 Å². The largest absolute Gasteiger partial charge is 0.434 e. The van der Waals surface area contributed by atoms with Gasteiger partial charge in [0, 0.05) is 21.9 Å². The normalized spacial score (nSPS) is 14.7. The zero-order valence-electron chi connectivity index (χ0n) is 18.4. The quantitative estimate of drug-likeness (QED) is 0.444. The Labute approximate surface area is 201 Å². The summed E-state index contributed by atoms with van der Waals surface area (Å²) in [6.07, 6.45) is -2.10. The smallest absolute Gasteiger partial charge is 0.366 e. The van der Waals surface area contributed by atoms with E-state index >= 15 is 4.39 Å². The average molecular weight is 530 g/mol. The number of benzene rings is 1. The van der Waals surface area contributed by atoms with Crippen molar-refractivity contribution in [2.24, 2.45) is 5.73 Å². The van der Waals surface area contributed by atoms with Crippen LogP contribution in [0.2, 0.25) is 0 Å². The molecule has 1 aliphatic carbocycles. The number of halogens is 4. The first-order chi connectivity index (χ1) is 16.2. The van der Waals surface area contributed by atoms with Gasteiger partial charge in [0.2, 0.25) is 10.0 Å². The van der Waals surface area contributed by atoms with Crippen LogP contribution in [-0.4, -0.2) is 34.5 Å². The van der Waals surface area contributed by atoms with Crippen LogP contribution in [0.3, 0.4) is 0 Å². The maximum atomic E-state index is 15.7. The Morgan fingerprint density at radius 1 is 1.14 bits per heavy atom. The molecule has 14 heteroatoms. The monoisotopic (exact) mass is 529 g/mol. The lowest BCUT2D eigenvalue weighted by molar-refractivity contribution is -0.141. The minimum absolute atomic E-state index is 0.0517. The Morgan fingerprint density at radius 2 is 1.83 bits per heavy atom. The maximum Gasteiger partial charge on any atom is 0.434 e. The first kappa shape index (κ1) is 25.0. The van der Waals surface area contributed by atoms with E-state index in [4.69, 9.17) is 5.73 Å². The van der Waals surface area contributed by atoms with E-state index in [2.05, 4.69) is 19.7 Å². The number of alkyl halides is 3. The van der Waals surface area contributed by atoms with Crippen molar-refractivity contribution in [3.05, 3.63) is 58.2 Å². The highest BCUT2D eigenvalue weighted by atomic mass is 32.2. The molecule has 3 N–H and O–H groups in total. The molecule has 186 valence electrons. The van der Waals surface area contributed by atoms with Crippen molar-refractivity contribution in [2.75, 3.05) is 4.72 Å². The van der Waals surface area contributed by atoms with Crippen molar-refractivity contribution in [3.8, 4) is 11.3 Å². The summed E-state index contributed by atoms with van der Waals surface area (Å²) in [6.45, 7) is 3.07. The lowest BCUT2D eigenvalue weighted by Gasteiger charge is -2.27. The van der Waals surface area contributed by atoms with Crippen LogP contribution < -0.4 is 10.5 Å². The number of hydrogen-bond donors (Lipinski definition) is 2. The Kier molecular flexibility index (Phi) is 6.08. The van der Waals surface area contributed by atoms with Crippen LogP contribution in [0.5, 0.6) is 0 Å². The summed E-state index contributed by atoms with van der Waals surface area (Å²) in [5, 5.41) is 1.08. The van der Waals surface area contributed by atoms with Gasteiger partial charge >= 0.3 is 6.18 Å². The molecule has 0 atom stereocenters. The Morgan fingerprint density at radius 3 is 2.43 bits per heavy atom. The van der Waals surface area contributed by atoms with Crippen LogP contribution >= 0.6 is 11.3 Å². The number of primary amides is 1. The van der Waals surface area contributed by atoms with Crippen LogP contribution in [-0.2, 0) is 21.6 Å². The van der Waals surface area contributed by atoms with E-state index in [0.717, 1.165) is 23.6 Å². The molecule has 0 bridgehead atoms. The van der Waals surface area contributed by atoms with Gasteiger partial charge in [-0.3, -0.25) is 14.5 Å². The summed E-state index contributed by atoms with van der Waals surface area (Å²) in [7, 11) is -3.60. The molecular formula is C21H19F4N5O3S2. The maximum absolute atomic E-state index is 15.7. The number of hydrogen-bond acceptors (Lipinski definition) is 7. The molecule has 1 aromatic carbocycles. The lowest BCUT2D eigenvalue weighted by atomic mass is 9.77. The van der Waals surface area contributed by atoms with Gasteiger partial charge in [0.15, 0.2) is 10.8 Å². The fraction of sp³-hybridized carbons (Fsp3) is 0.333. The summed E-state index contributed by atoms with van der Waals surface area (Å²) in [6, 6.07) is 2.30. The number of sulfonamides is 1. The molecule has 0 radical (unpaired) electrons.